The summed E-state index contributed by atoms with van der Waals surface area (Å²) in [5.41, 5.74) is 13.0. The lowest BCUT2D eigenvalue weighted by Crippen LogP contribution is -2.30. The van der Waals surface area contributed by atoms with E-state index in [0.29, 0.717) is 18.0 Å². The number of nitriles is 1. The predicted molar refractivity (Wildman–Crippen MR) is 147 cm³/mol. The van der Waals surface area contributed by atoms with E-state index in [2.05, 4.69) is 73.1 Å². The second kappa shape index (κ2) is 10.4. The standard InChI is InChI=1S/C28H32N8/c1-31-33-28-27-14-23(22-5-3-20(15-30)4-6-22)18-36(27)19-24-13-25(7-8-26(24)34(28)2)35-12-9-21(17-35)16-32-11-10-29/h3-8,13-14,18,21,32H,1,9-12,16-17,19,29H2,2H3/b33-28-. The number of nitrogens with zero attached hydrogens (tertiary/aromatic N) is 6. The SMILES string of the molecule is C=N/N=C1/c2cc(-c3ccc(C#N)cc3)cn2Cc2cc(N3CCC(CNCCN)C3)ccc2N1C. The summed E-state index contributed by atoms with van der Waals surface area (Å²) >= 11 is 0. The Kier molecular flexibility index (Phi) is 6.85. The van der Waals surface area contributed by atoms with Crippen LogP contribution in [0.3, 0.4) is 0 Å². The largest absolute Gasteiger partial charge is 0.371 e. The highest BCUT2D eigenvalue weighted by atomic mass is 15.3. The highest BCUT2D eigenvalue weighted by molar-refractivity contribution is 6.10. The normalized spacial score (nSPS) is 18.0. The molecule has 5 rings (SSSR count). The van der Waals surface area contributed by atoms with Crippen LogP contribution in [0.15, 0.2) is 64.9 Å². The van der Waals surface area contributed by atoms with E-state index in [0.717, 1.165) is 61.1 Å². The minimum atomic E-state index is 0.640. The summed E-state index contributed by atoms with van der Waals surface area (Å²) < 4.78 is 2.23. The van der Waals surface area contributed by atoms with E-state index in [1.54, 1.807) is 0 Å². The molecule has 2 aliphatic heterocycles. The fourth-order valence-electron chi connectivity index (χ4n) is 5.24. The Hall–Kier alpha value is -3.93. The van der Waals surface area contributed by atoms with Crippen LogP contribution in [0.4, 0.5) is 11.4 Å². The summed E-state index contributed by atoms with van der Waals surface area (Å²) in [5.74, 6) is 1.39. The molecule has 0 radical (unpaired) electrons. The Morgan fingerprint density at radius 1 is 1.17 bits per heavy atom. The molecule has 1 unspecified atom stereocenters. The Labute approximate surface area is 212 Å². The quantitative estimate of drug-likeness (QED) is 0.307. The summed E-state index contributed by atoms with van der Waals surface area (Å²) in [6, 6.07) is 18.7. The fourth-order valence-corrected chi connectivity index (χ4v) is 5.24. The molecular formula is C28H32N8. The molecule has 1 atom stereocenters. The molecule has 0 amide bonds. The van der Waals surface area contributed by atoms with Crippen LogP contribution in [-0.4, -0.2) is 56.9 Å². The first-order chi connectivity index (χ1) is 17.6. The maximum atomic E-state index is 9.14. The lowest BCUT2D eigenvalue weighted by atomic mass is 10.1. The van der Waals surface area contributed by atoms with Crippen LogP contribution < -0.4 is 20.9 Å². The van der Waals surface area contributed by atoms with Gasteiger partial charge in [0.25, 0.3) is 0 Å². The number of benzene rings is 2. The van der Waals surface area contributed by atoms with E-state index in [4.69, 9.17) is 11.0 Å². The van der Waals surface area contributed by atoms with E-state index in [9.17, 15) is 0 Å². The minimum absolute atomic E-state index is 0.640. The van der Waals surface area contributed by atoms with Gasteiger partial charge in [0.05, 0.1) is 17.3 Å². The first kappa shape index (κ1) is 23.8. The van der Waals surface area contributed by atoms with Crippen molar-refractivity contribution >= 4 is 23.9 Å². The van der Waals surface area contributed by atoms with Crippen molar-refractivity contribution in [3.05, 3.63) is 71.5 Å². The van der Waals surface area contributed by atoms with Crippen LogP contribution >= 0.6 is 0 Å². The minimum Gasteiger partial charge on any atom is -0.371 e. The third kappa shape index (κ3) is 4.63. The smallest absolute Gasteiger partial charge is 0.179 e. The van der Waals surface area contributed by atoms with Crippen molar-refractivity contribution in [2.75, 3.05) is 49.6 Å². The van der Waals surface area contributed by atoms with E-state index < -0.39 is 0 Å². The van der Waals surface area contributed by atoms with Gasteiger partial charge in [-0.15, -0.1) is 5.10 Å². The van der Waals surface area contributed by atoms with Gasteiger partial charge in [-0.25, -0.2) is 0 Å². The van der Waals surface area contributed by atoms with Crippen LogP contribution in [0.25, 0.3) is 11.1 Å². The number of aromatic nitrogens is 1. The Morgan fingerprint density at radius 3 is 2.75 bits per heavy atom. The summed E-state index contributed by atoms with van der Waals surface area (Å²) in [4.78, 5) is 4.58. The van der Waals surface area contributed by atoms with Crippen molar-refractivity contribution in [1.82, 2.24) is 9.88 Å². The molecule has 8 heteroatoms. The van der Waals surface area contributed by atoms with Crippen LogP contribution in [0.1, 0.15) is 23.2 Å². The molecule has 0 spiro atoms. The molecule has 3 aromatic rings. The number of hydrogen-bond acceptors (Lipinski definition) is 6. The maximum Gasteiger partial charge on any atom is 0.179 e. The van der Waals surface area contributed by atoms with Crippen molar-refractivity contribution < 1.29 is 0 Å². The van der Waals surface area contributed by atoms with E-state index >= 15 is 0 Å². The van der Waals surface area contributed by atoms with E-state index in [1.807, 2.05) is 31.3 Å². The number of hydrogen-bond donors (Lipinski definition) is 2. The van der Waals surface area contributed by atoms with E-state index in [-0.39, 0.29) is 0 Å². The van der Waals surface area contributed by atoms with Gasteiger partial charge in [0.2, 0.25) is 0 Å². The molecular weight excluding hydrogens is 448 g/mol. The second-order valence-corrected chi connectivity index (χ2v) is 9.46. The number of nitrogens with two attached hydrogens (primary N) is 1. The van der Waals surface area contributed by atoms with Gasteiger partial charge >= 0.3 is 0 Å². The zero-order valence-electron chi connectivity index (χ0n) is 20.7. The van der Waals surface area contributed by atoms with Gasteiger partial charge in [-0.3, -0.25) is 0 Å². The van der Waals surface area contributed by atoms with Gasteiger partial charge in [0, 0.05) is 69.6 Å². The van der Waals surface area contributed by atoms with E-state index in [1.165, 1.54) is 17.7 Å². The van der Waals surface area contributed by atoms with Crippen LogP contribution in [0.2, 0.25) is 0 Å². The van der Waals surface area contributed by atoms with Crippen LogP contribution in [0.5, 0.6) is 0 Å². The number of rotatable bonds is 7. The van der Waals surface area contributed by atoms with Gasteiger partial charge < -0.3 is 25.4 Å². The Balaban J connectivity index is 1.46. The molecule has 0 aliphatic carbocycles. The molecule has 2 aliphatic rings. The first-order valence-electron chi connectivity index (χ1n) is 12.4. The summed E-state index contributed by atoms with van der Waals surface area (Å²) in [7, 11) is 2.03. The summed E-state index contributed by atoms with van der Waals surface area (Å²) in [6.07, 6.45) is 3.34. The van der Waals surface area contributed by atoms with Crippen molar-refractivity contribution in [1.29, 1.82) is 5.26 Å². The highest BCUT2D eigenvalue weighted by Gasteiger charge is 2.27. The zero-order valence-corrected chi connectivity index (χ0v) is 20.7. The zero-order chi connectivity index (χ0) is 25.1. The lowest BCUT2D eigenvalue weighted by Gasteiger charge is -2.24. The number of anilines is 2. The molecule has 3 heterocycles. The van der Waals surface area contributed by atoms with Crippen molar-refractivity contribution in [3.63, 3.8) is 0 Å². The molecule has 1 aromatic heterocycles. The molecule has 0 bridgehead atoms. The van der Waals surface area contributed by atoms with Gasteiger partial charge in [0.15, 0.2) is 5.84 Å². The summed E-state index contributed by atoms with van der Waals surface area (Å²) in [5, 5.41) is 20.9. The molecule has 8 nitrogen and oxygen atoms in total. The Bertz CT molecular complexity index is 1310. The van der Waals surface area contributed by atoms with Gasteiger partial charge in [0.1, 0.15) is 0 Å². The average Bonchev–Trinajstić information content (AvgIpc) is 3.52. The number of amidine groups is 1. The Morgan fingerprint density at radius 2 is 2.00 bits per heavy atom. The third-order valence-corrected chi connectivity index (χ3v) is 7.13. The number of nitrogens with one attached hydrogen (secondary N) is 1. The van der Waals surface area contributed by atoms with Gasteiger partial charge in [-0.05, 0) is 66.4 Å². The lowest BCUT2D eigenvalue weighted by molar-refractivity contribution is 0.521. The topological polar surface area (TPSA) is 98.0 Å². The predicted octanol–water partition coefficient (Wildman–Crippen LogP) is 3.26. The van der Waals surface area contributed by atoms with Gasteiger partial charge in [-0.1, -0.05) is 12.1 Å². The molecule has 184 valence electrons. The monoisotopic (exact) mass is 480 g/mol. The van der Waals surface area contributed by atoms with Crippen molar-refractivity contribution in [3.8, 4) is 17.2 Å². The van der Waals surface area contributed by atoms with Gasteiger partial charge in [-0.2, -0.15) is 10.4 Å². The third-order valence-electron chi connectivity index (χ3n) is 7.13. The second-order valence-electron chi connectivity index (χ2n) is 9.46. The average molecular weight is 481 g/mol. The van der Waals surface area contributed by atoms with Crippen LogP contribution in [-0.2, 0) is 6.54 Å². The number of fused-ring (bicyclic) bond motifs is 2. The highest BCUT2D eigenvalue weighted by Crippen LogP contribution is 2.34. The summed E-state index contributed by atoms with van der Waals surface area (Å²) in [6.45, 7) is 9.01. The maximum absolute atomic E-state index is 9.14. The molecule has 36 heavy (non-hydrogen) atoms. The molecule has 1 fully saturated rings. The fraction of sp³-hybridized carbons (Fsp3) is 0.321. The van der Waals surface area contributed by atoms with Crippen LogP contribution in [0, 0.1) is 17.2 Å². The first-order valence-corrected chi connectivity index (χ1v) is 12.4. The molecule has 2 aromatic carbocycles. The molecule has 1 saturated heterocycles. The molecule has 0 saturated carbocycles. The molecule has 3 N–H and O–H groups in total. The van der Waals surface area contributed by atoms with Crippen molar-refractivity contribution in [2.45, 2.75) is 13.0 Å². The van der Waals surface area contributed by atoms with Crippen molar-refractivity contribution in [2.24, 2.45) is 21.9 Å².